The van der Waals surface area contributed by atoms with Gasteiger partial charge >= 0.3 is 6.18 Å². The molecular formula is C37H38F3N3O. The van der Waals surface area contributed by atoms with Crippen LogP contribution in [0.15, 0.2) is 84.9 Å². The number of likely N-dealkylation sites (tertiary alicyclic amines) is 1. The Kier molecular flexibility index (Phi) is 8.50. The minimum Gasteiger partial charge on any atom is -0.354 e. The molecule has 7 heteroatoms. The van der Waals surface area contributed by atoms with Gasteiger partial charge in [-0.05, 0) is 97.6 Å². The van der Waals surface area contributed by atoms with Crippen LogP contribution in [-0.4, -0.2) is 35.4 Å². The van der Waals surface area contributed by atoms with Gasteiger partial charge in [-0.1, -0.05) is 74.5 Å². The first kappa shape index (κ1) is 29.9. The highest BCUT2D eigenvalue weighted by molar-refractivity contribution is 6.08. The summed E-state index contributed by atoms with van der Waals surface area (Å²) in [6, 6.07) is 26.2. The summed E-state index contributed by atoms with van der Waals surface area (Å²) < 4.78 is 39.8. The highest BCUT2D eigenvalue weighted by atomic mass is 19.4. The molecule has 6 rings (SSSR count). The van der Waals surface area contributed by atoms with E-state index in [4.69, 9.17) is 0 Å². The highest BCUT2D eigenvalue weighted by Crippen LogP contribution is 2.37. The third-order valence-electron chi connectivity index (χ3n) is 8.95. The number of nitrogens with zero attached hydrogens (tertiary/aromatic N) is 1. The van der Waals surface area contributed by atoms with Gasteiger partial charge in [-0.15, -0.1) is 0 Å². The van der Waals surface area contributed by atoms with Crippen molar-refractivity contribution in [3.8, 4) is 11.3 Å². The van der Waals surface area contributed by atoms with Gasteiger partial charge in [0.25, 0.3) is 0 Å². The Morgan fingerprint density at radius 2 is 1.68 bits per heavy atom. The predicted molar refractivity (Wildman–Crippen MR) is 173 cm³/mol. The predicted octanol–water partition coefficient (Wildman–Crippen LogP) is 9.41. The lowest BCUT2D eigenvalue weighted by Crippen LogP contribution is -2.33. The van der Waals surface area contributed by atoms with Crippen molar-refractivity contribution in [2.75, 3.05) is 25.0 Å². The fourth-order valence-corrected chi connectivity index (χ4v) is 6.45. The van der Waals surface area contributed by atoms with E-state index >= 15 is 0 Å². The summed E-state index contributed by atoms with van der Waals surface area (Å²) >= 11 is 0. The third kappa shape index (κ3) is 6.39. The van der Waals surface area contributed by atoms with Crippen LogP contribution in [0.25, 0.3) is 32.9 Å². The molecule has 4 nitrogen and oxygen atoms in total. The average Bonchev–Trinajstić information content (AvgIpc) is 3.40. The molecule has 0 radical (unpaired) electrons. The molecule has 1 saturated heterocycles. The topological polar surface area (TPSA) is 48.1 Å². The molecule has 1 amide bonds. The van der Waals surface area contributed by atoms with Gasteiger partial charge in [0.2, 0.25) is 5.91 Å². The number of carbonyl (C=O) groups excluding carboxylic acids is 1. The fourth-order valence-electron chi connectivity index (χ4n) is 6.45. The van der Waals surface area contributed by atoms with Crippen molar-refractivity contribution in [1.29, 1.82) is 0 Å². The molecule has 4 aromatic carbocycles. The van der Waals surface area contributed by atoms with E-state index in [9.17, 15) is 18.0 Å². The van der Waals surface area contributed by atoms with Crippen LogP contribution in [0.5, 0.6) is 0 Å². The van der Waals surface area contributed by atoms with Crippen LogP contribution < -0.4 is 5.32 Å². The Hall–Kier alpha value is -4.10. The van der Waals surface area contributed by atoms with Crippen LogP contribution in [0.4, 0.5) is 18.9 Å². The monoisotopic (exact) mass is 597 g/mol. The Morgan fingerprint density at radius 1 is 0.932 bits per heavy atom. The lowest BCUT2D eigenvalue weighted by molar-refractivity contribution is -0.137. The van der Waals surface area contributed by atoms with Gasteiger partial charge in [-0.2, -0.15) is 13.2 Å². The number of hydrogen-bond donors (Lipinski definition) is 2. The van der Waals surface area contributed by atoms with Crippen LogP contribution in [-0.2, 0) is 17.4 Å². The van der Waals surface area contributed by atoms with E-state index in [0.29, 0.717) is 5.92 Å². The number of benzene rings is 4. The van der Waals surface area contributed by atoms with Crippen molar-refractivity contribution in [2.24, 2.45) is 5.92 Å². The summed E-state index contributed by atoms with van der Waals surface area (Å²) in [6.07, 6.45) is -0.451. The average molecular weight is 598 g/mol. The summed E-state index contributed by atoms with van der Waals surface area (Å²) in [5, 5.41) is 6.38. The summed E-state index contributed by atoms with van der Waals surface area (Å²) in [4.78, 5) is 18.3. The molecule has 0 spiro atoms. The number of aromatic amines is 1. The fraction of sp³-hybridized carbons (Fsp3) is 0.324. The molecular weight excluding hydrogens is 559 g/mol. The number of nitrogens with one attached hydrogen (secondary N) is 2. The second-order valence-corrected chi connectivity index (χ2v) is 12.3. The number of piperidine rings is 1. The van der Waals surface area contributed by atoms with Crippen LogP contribution in [0, 0.1) is 5.92 Å². The minimum absolute atomic E-state index is 0.0295. The first-order chi connectivity index (χ1) is 21.2. The van der Waals surface area contributed by atoms with E-state index in [0.717, 1.165) is 89.5 Å². The van der Waals surface area contributed by atoms with Gasteiger partial charge in [0.1, 0.15) is 0 Å². The second kappa shape index (κ2) is 12.5. The normalized spacial score (nSPS) is 15.0. The molecule has 5 aromatic rings. The Labute approximate surface area is 256 Å². The van der Waals surface area contributed by atoms with E-state index in [1.165, 1.54) is 17.7 Å². The van der Waals surface area contributed by atoms with Gasteiger partial charge in [-0.3, -0.25) is 4.79 Å². The summed E-state index contributed by atoms with van der Waals surface area (Å²) in [7, 11) is 0. The van der Waals surface area contributed by atoms with Crippen molar-refractivity contribution in [1.82, 2.24) is 9.88 Å². The lowest BCUT2D eigenvalue weighted by atomic mass is 9.89. The molecule has 2 heterocycles. The summed E-state index contributed by atoms with van der Waals surface area (Å²) in [5.74, 6) is 0.439. The van der Waals surface area contributed by atoms with E-state index in [-0.39, 0.29) is 11.8 Å². The zero-order valence-corrected chi connectivity index (χ0v) is 25.2. The number of fused-ring (bicyclic) bond motifs is 3. The molecule has 0 bridgehead atoms. The molecule has 44 heavy (non-hydrogen) atoms. The van der Waals surface area contributed by atoms with Crippen LogP contribution in [0.3, 0.4) is 0 Å². The van der Waals surface area contributed by atoms with Crippen molar-refractivity contribution < 1.29 is 18.0 Å². The molecule has 1 aliphatic rings. The number of rotatable bonds is 8. The van der Waals surface area contributed by atoms with Crippen molar-refractivity contribution in [3.63, 3.8) is 0 Å². The van der Waals surface area contributed by atoms with Gasteiger partial charge in [0, 0.05) is 28.1 Å². The maximum atomic E-state index is 13.3. The zero-order chi connectivity index (χ0) is 30.8. The Morgan fingerprint density at radius 3 is 2.41 bits per heavy atom. The van der Waals surface area contributed by atoms with E-state index < -0.39 is 11.7 Å². The third-order valence-corrected chi connectivity index (χ3v) is 8.95. The standard InChI is InChI=1S/C37H38F3N3O/c1-24(2)36(44)41-30-9-5-8-28(23-30)25-18-21-43(22-19-25)20-6-11-32-33-17-14-26-7-3-4-10-31(26)35(33)42-34(32)27-12-15-29(16-13-27)37(38,39)40/h3-5,7-10,12-17,23-25,42H,6,11,18-22H2,1-2H3,(H,41,44). The number of halogens is 3. The van der Waals surface area contributed by atoms with Crippen LogP contribution >= 0.6 is 0 Å². The molecule has 1 aliphatic heterocycles. The molecule has 2 N–H and O–H groups in total. The van der Waals surface area contributed by atoms with E-state index in [2.05, 4.69) is 51.6 Å². The molecule has 1 fully saturated rings. The van der Waals surface area contributed by atoms with Crippen LogP contribution in [0.2, 0.25) is 0 Å². The summed E-state index contributed by atoms with van der Waals surface area (Å²) in [6.45, 7) is 6.77. The molecule has 228 valence electrons. The minimum atomic E-state index is -4.36. The molecule has 0 atom stereocenters. The zero-order valence-electron chi connectivity index (χ0n) is 25.2. The van der Waals surface area contributed by atoms with Gasteiger partial charge in [0.05, 0.1) is 11.1 Å². The van der Waals surface area contributed by atoms with Crippen LogP contribution in [0.1, 0.15) is 55.7 Å². The van der Waals surface area contributed by atoms with Gasteiger partial charge < -0.3 is 15.2 Å². The smallest absolute Gasteiger partial charge is 0.354 e. The Bertz CT molecular complexity index is 1760. The SMILES string of the molecule is CC(C)C(=O)Nc1cccc(C2CCN(CCCc3c(-c4ccc(C(F)(F)F)cc4)[nH]c4c3ccc3ccccc34)CC2)c1. The largest absolute Gasteiger partial charge is 0.416 e. The maximum Gasteiger partial charge on any atom is 0.416 e. The number of carbonyl (C=O) groups is 1. The first-order valence-electron chi connectivity index (χ1n) is 15.5. The lowest BCUT2D eigenvalue weighted by Gasteiger charge is -2.32. The number of aromatic nitrogens is 1. The molecule has 0 saturated carbocycles. The van der Waals surface area contributed by atoms with Crippen molar-refractivity contribution >= 4 is 33.3 Å². The van der Waals surface area contributed by atoms with E-state index in [1.54, 1.807) is 12.1 Å². The second-order valence-electron chi connectivity index (χ2n) is 12.3. The van der Waals surface area contributed by atoms with Crippen molar-refractivity contribution in [2.45, 2.75) is 51.6 Å². The molecule has 1 aromatic heterocycles. The highest BCUT2D eigenvalue weighted by Gasteiger charge is 2.30. The quantitative estimate of drug-likeness (QED) is 0.187. The van der Waals surface area contributed by atoms with Crippen molar-refractivity contribution in [3.05, 3.63) is 102 Å². The number of alkyl halides is 3. The molecule has 0 unspecified atom stereocenters. The number of aryl methyl sites for hydroxylation is 1. The number of H-pyrrole nitrogens is 1. The number of hydrogen-bond acceptors (Lipinski definition) is 2. The Balaban J connectivity index is 1.15. The summed E-state index contributed by atoms with van der Waals surface area (Å²) in [5.41, 5.74) is 5.34. The number of anilines is 1. The van der Waals surface area contributed by atoms with E-state index in [1.807, 2.05) is 38.1 Å². The van der Waals surface area contributed by atoms with Gasteiger partial charge in [0.15, 0.2) is 0 Å². The first-order valence-corrected chi connectivity index (χ1v) is 15.5. The molecule has 0 aliphatic carbocycles. The maximum absolute atomic E-state index is 13.3. The number of amides is 1. The van der Waals surface area contributed by atoms with Gasteiger partial charge in [-0.25, -0.2) is 0 Å².